The second-order valence-corrected chi connectivity index (χ2v) is 8.23. The first-order chi connectivity index (χ1) is 16.6. The number of amides is 1. The molecule has 188 valence electrons. The Morgan fingerprint density at radius 3 is 2.63 bits per heavy atom. The minimum atomic E-state index is -4.53. The summed E-state index contributed by atoms with van der Waals surface area (Å²) in [5.74, 6) is -0.737. The SMILES string of the molecule is C=NN(/N=C\C)c1c(C(=O)N2CCC[C@@H](C)[C@H]2CNc2ncc(C(F)(F)F)cn2)ccc(F)c1C. The Labute approximate surface area is 200 Å². The van der Waals surface area contributed by atoms with Gasteiger partial charge >= 0.3 is 6.18 Å². The molecule has 1 aromatic carbocycles. The first-order valence-electron chi connectivity index (χ1n) is 11.1. The van der Waals surface area contributed by atoms with Crippen LogP contribution in [0.1, 0.15) is 48.2 Å². The van der Waals surface area contributed by atoms with Crippen molar-refractivity contribution in [3.05, 3.63) is 47.0 Å². The van der Waals surface area contributed by atoms with Crippen LogP contribution in [0.4, 0.5) is 29.2 Å². The van der Waals surface area contributed by atoms with Gasteiger partial charge in [-0.1, -0.05) is 6.92 Å². The van der Waals surface area contributed by atoms with Crippen molar-refractivity contribution in [3.8, 4) is 0 Å². The van der Waals surface area contributed by atoms with Crippen molar-refractivity contribution in [2.45, 2.75) is 45.8 Å². The molecule has 0 spiro atoms. The number of aromatic nitrogens is 2. The normalized spacial score (nSPS) is 18.5. The molecule has 8 nitrogen and oxygen atoms in total. The zero-order chi connectivity index (χ0) is 25.8. The molecule has 1 fully saturated rings. The number of nitrogens with zero attached hydrogens (tertiary/aromatic N) is 6. The second kappa shape index (κ2) is 10.8. The summed E-state index contributed by atoms with van der Waals surface area (Å²) < 4.78 is 52.7. The van der Waals surface area contributed by atoms with Crippen LogP contribution in [0, 0.1) is 18.7 Å². The van der Waals surface area contributed by atoms with Crippen LogP contribution in [0.5, 0.6) is 0 Å². The smallest absolute Gasteiger partial charge is 0.352 e. The predicted octanol–water partition coefficient (Wildman–Crippen LogP) is 4.72. The van der Waals surface area contributed by atoms with Crippen LogP contribution in [-0.2, 0) is 6.18 Å². The first kappa shape index (κ1) is 26.0. The van der Waals surface area contributed by atoms with E-state index in [1.54, 1.807) is 11.8 Å². The first-order valence-corrected chi connectivity index (χ1v) is 11.1. The topological polar surface area (TPSA) is 86.1 Å². The summed E-state index contributed by atoms with van der Waals surface area (Å²) in [7, 11) is 0. The largest absolute Gasteiger partial charge is 0.419 e. The van der Waals surface area contributed by atoms with Crippen molar-refractivity contribution in [1.29, 1.82) is 0 Å². The van der Waals surface area contributed by atoms with Crippen LogP contribution in [0.15, 0.2) is 34.7 Å². The molecule has 1 aromatic heterocycles. The number of anilines is 2. The average molecular weight is 494 g/mol. The van der Waals surface area contributed by atoms with Crippen LogP contribution >= 0.6 is 0 Å². The summed E-state index contributed by atoms with van der Waals surface area (Å²) in [6.45, 7) is 9.34. The Hall–Kier alpha value is -3.57. The molecule has 2 atom stereocenters. The van der Waals surface area contributed by atoms with Gasteiger partial charge in [0.25, 0.3) is 5.91 Å². The number of benzene rings is 1. The van der Waals surface area contributed by atoms with Crippen LogP contribution in [0.25, 0.3) is 0 Å². The maximum absolute atomic E-state index is 14.4. The van der Waals surface area contributed by atoms with Gasteiger partial charge in [-0.05, 0) is 44.7 Å². The third kappa shape index (κ3) is 5.75. The van der Waals surface area contributed by atoms with E-state index in [0.717, 1.165) is 18.0 Å². The van der Waals surface area contributed by atoms with Crippen molar-refractivity contribution >= 4 is 30.5 Å². The summed E-state index contributed by atoms with van der Waals surface area (Å²) in [4.78, 5) is 22.9. The van der Waals surface area contributed by atoms with Crippen LogP contribution in [0.3, 0.4) is 0 Å². The molecule has 3 rings (SSSR count). The summed E-state index contributed by atoms with van der Waals surface area (Å²) in [6, 6.07) is 2.31. The molecular weight excluding hydrogens is 466 g/mol. The van der Waals surface area contributed by atoms with Gasteiger partial charge in [0.05, 0.1) is 17.2 Å². The van der Waals surface area contributed by atoms with E-state index in [1.807, 2.05) is 6.92 Å². The fourth-order valence-corrected chi connectivity index (χ4v) is 4.11. The molecule has 1 amide bonds. The number of nitrogens with one attached hydrogen (secondary N) is 1. The van der Waals surface area contributed by atoms with Crippen molar-refractivity contribution in [3.63, 3.8) is 0 Å². The Morgan fingerprint density at radius 2 is 2.03 bits per heavy atom. The molecule has 0 saturated carbocycles. The quantitative estimate of drug-likeness (QED) is 0.343. The molecular formula is C23H27F4N7O. The van der Waals surface area contributed by atoms with Gasteiger partial charge in [-0.2, -0.15) is 28.5 Å². The van der Waals surface area contributed by atoms with Gasteiger partial charge in [0.1, 0.15) is 11.5 Å². The standard InChI is InChI=1S/C23H27F4N7O/c1-5-32-34(28-4)20-15(3)18(24)9-8-17(20)21(35)33-10-6-7-14(2)19(33)13-31-22-29-11-16(12-30-22)23(25,26)27/h5,8-9,11-12,14,19H,4,6-7,10,13H2,1-3H3,(H,29,30,31)/b32-5-/t14-,19-/m1/s1. The number of carbonyl (C=O) groups is 1. The minimum Gasteiger partial charge on any atom is -0.352 e. The highest BCUT2D eigenvalue weighted by atomic mass is 19.4. The van der Waals surface area contributed by atoms with Crippen LogP contribution in [-0.4, -0.2) is 52.8 Å². The van der Waals surface area contributed by atoms with Crippen molar-refractivity contribution < 1.29 is 22.4 Å². The van der Waals surface area contributed by atoms with E-state index >= 15 is 0 Å². The third-order valence-electron chi connectivity index (χ3n) is 5.98. The molecule has 1 saturated heterocycles. The molecule has 1 N–H and O–H groups in total. The van der Waals surface area contributed by atoms with Crippen LogP contribution < -0.4 is 10.4 Å². The van der Waals surface area contributed by atoms with E-state index in [1.165, 1.54) is 25.3 Å². The van der Waals surface area contributed by atoms with E-state index < -0.39 is 17.6 Å². The molecule has 0 aliphatic carbocycles. The van der Waals surface area contributed by atoms with Gasteiger partial charge < -0.3 is 10.2 Å². The molecule has 35 heavy (non-hydrogen) atoms. The number of halogens is 4. The van der Waals surface area contributed by atoms with Gasteiger partial charge in [-0.15, -0.1) is 0 Å². The lowest BCUT2D eigenvalue weighted by Gasteiger charge is -2.40. The van der Waals surface area contributed by atoms with E-state index in [4.69, 9.17) is 0 Å². The highest BCUT2D eigenvalue weighted by Crippen LogP contribution is 2.32. The zero-order valence-corrected chi connectivity index (χ0v) is 19.7. The summed E-state index contributed by atoms with van der Waals surface area (Å²) in [6.07, 6.45) is -0.0257. The monoisotopic (exact) mass is 493 g/mol. The Kier molecular flexibility index (Phi) is 8.03. The van der Waals surface area contributed by atoms with E-state index in [0.29, 0.717) is 18.9 Å². The number of likely N-dealkylation sites (tertiary alicyclic amines) is 1. The fourth-order valence-electron chi connectivity index (χ4n) is 4.11. The molecule has 2 aromatic rings. The van der Waals surface area contributed by atoms with Gasteiger partial charge in [-0.25, -0.2) is 14.4 Å². The maximum atomic E-state index is 14.4. The van der Waals surface area contributed by atoms with Crippen LogP contribution in [0.2, 0.25) is 0 Å². The number of alkyl halides is 3. The minimum absolute atomic E-state index is 0.0285. The predicted molar refractivity (Wildman–Crippen MR) is 126 cm³/mol. The lowest BCUT2D eigenvalue weighted by atomic mass is 9.89. The van der Waals surface area contributed by atoms with E-state index in [2.05, 4.69) is 32.2 Å². The van der Waals surface area contributed by atoms with Crippen molar-refractivity contribution in [2.75, 3.05) is 23.5 Å². The van der Waals surface area contributed by atoms with Gasteiger partial charge in [-0.3, -0.25) is 4.79 Å². The zero-order valence-electron chi connectivity index (χ0n) is 19.7. The number of piperidine rings is 1. The lowest BCUT2D eigenvalue weighted by molar-refractivity contribution is -0.138. The number of hydrogen-bond acceptors (Lipinski definition) is 7. The number of hydrazone groups is 2. The van der Waals surface area contributed by atoms with Crippen molar-refractivity contribution in [1.82, 2.24) is 14.9 Å². The molecule has 0 unspecified atom stereocenters. The highest BCUT2D eigenvalue weighted by molar-refractivity contribution is 6.01. The maximum Gasteiger partial charge on any atom is 0.419 e. The molecule has 1 aliphatic rings. The van der Waals surface area contributed by atoms with Gasteiger partial charge in [0.2, 0.25) is 5.95 Å². The van der Waals surface area contributed by atoms with E-state index in [9.17, 15) is 22.4 Å². The Balaban J connectivity index is 1.88. The summed E-state index contributed by atoms with van der Waals surface area (Å²) in [5.41, 5.74) is -0.335. The molecule has 0 radical (unpaired) electrons. The van der Waals surface area contributed by atoms with Gasteiger partial charge in [0, 0.05) is 44.0 Å². The second-order valence-electron chi connectivity index (χ2n) is 8.23. The molecule has 12 heteroatoms. The number of carbonyl (C=O) groups excluding carboxylic acids is 1. The molecule has 0 bridgehead atoms. The van der Waals surface area contributed by atoms with Gasteiger partial charge in [0.15, 0.2) is 0 Å². The number of hydrogen-bond donors (Lipinski definition) is 1. The van der Waals surface area contributed by atoms with E-state index in [-0.39, 0.29) is 47.2 Å². The van der Waals surface area contributed by atoms with Crippen molar-refractivity contribution in [2.24, 2.45) is 16.1 Å². The third-order valence-corrected chi connectivity index (χ3v) is 5.98. The Bertz CT molecular complexity index is 1090. The number of rotatable bonds is 7. The molecule has 2 heterocycles. The highest BCUT2D eigenvalue weighted by Gasteiger charge is 2.35. The fraction of sp³-hybridized carbons (Fsp3) is 0.435. The Morgan fingerprint density at radius 1 is 1.34 bits per heavy atom. The molecule has 1 aliphatic heterocycles. The lowest BCUT2D eigenvalue weighted by Crippen LogP contribution is -2.51. The summed E-state index contributed by atoms with van der Waals surface area (Å²) in [5, 5.41) is 11.9. The summed E-state index contributed by atoms with van der Waals surface area (Å²) >= 11 is 0. The average Bonchev–Trinajstić information content (AvgIpc) is 2.83.